The summed E-state index contributed by atoms with van der Waals surface area (Å²) in [5, 5.41) is 12.5. The van der Waals surface area contributed by atoms with Crippen molar-refractivity contribution < 1.29 is 18.0 Å². The molecule has 0 atom stereocenters. The number of hydrogen-bond donors (Lipinski definition) is 3. The summed E-state index contributed by atoms with van der Waals surface area (Å²) in [6.45, 7) is 2.10. The Labute approximate surface area is 194 Å². The first-order valence-electron chi connectivity index (χ1n) is 10.7. The molecule has 2 aromatic heterocycles. The van der Waals surface area contributed by atoms with E-state index in [0.717, 1.165) is 53.1 Å². The topological polar surface area (TPSA) is 82.7 Å². The molecule has 34 heavy (non-hydrogen) atoms. The summed E-state index contributed by atoms with van der Waals surface area (Å²) in [5.74, 6) is 0. The van der Waals surface area contributed by atoms with E-state index in [-0.39, 0.29) is 5.69 Å². The van der Waals surface area contributed by atoms with Crippen LogP contribution in [0, 0.1) is 0 Å². The number of benzene rings is 2. The Balaban J connectivity index is 1.50. The molecule has 6 nitrogen and oxygen atoms in total. The molecule has 9 heteroatoms. The number of halogens is 3. The maximum atomic E-state index is 12.7. The average Bonchev–Trinajstić information content (AvgIpc) is 3.29. The van der Waals surface area contributed by atoms with Gasteiger partial charge in [-0.25, -0.2) is 4.79 Å². The molecule has 0 spiro atoms. The van der Waals surface area contributed by atoms with Gasteiger partial charge >= 0.3 is 12.2 Å². The number of urea groups is 1. The minimum Gasteiger partial charge on any atom is -0.308 e. The summed E-state index contributed by atoms with van der Waals surface area (Å²) in [7, 11) is 0. The molecule has 0 unspecified atom stereocenters. The van der Waals surface area contributed by atoms with Crippen molar-refractivity contribution in [1.82, 2.24) is 15.2 Å². The van der Waals surface area contributed by atoms with Gasteiger partial charge in [0.25, 0.3) is 0 Å². The molecular weight excluding hydrogens is 443 g/mol. The smallest absolute Gasteiger partial charge is 0.308 e. The summed E-state index contributed by atoms with van der Waals surface area (Å²) in [5.41, 5.74) is 4.49. The molecule has 0 saturated carbocycles. The number of nitrogens with zero attached hydrogens (tertiary/aromatic N) is 2. The van der Waals surface area contributed by atoms with E-state index in [9.17, 15) is 18.0 Å². The molecule has 0 saturated heterocycles. The van der Waals surface area contributed by atoms with Gasteiger partial charge in [-0.2, -0.15) is 18.3 Å². The Morgan fingerprint density at radius 2 is 1.74 bits per heavy atom. The Kier molecular flexibility index (Phi) is 6.62. The van der Waals surface area contributed by atoms with Crippen LogP contribution >= 0.6 is 0 Å². The van der Waals surface area contributed by atoms with Gasteiger partial charge in [0.2, 0.25) is 0 Å². The number of H-pyrrole nitrogens is 1. The maximum absolute atomic E-state index is 12.7. The van der Waals surface area contributed by atoms with E-state index in [1.54, 1.807) is 30.6 Å². The first kappa shape index (κ1) is 23.0. The number of aryl methyl sites for hydroxylation is 1. The second kappa shape index (κ2) is 9.78. The van der Waals surface area contributed by atoms with E-state index in [1.807, 2.05) is 18.2 Å². The Morgan fingerprint density at radius 1 is 0.971 bits per heavy atom. The van der Waals surface area contributed by atoms with Crippen molar-refractivity contribution in [3.05, 3.63) is 84.3 Å². The zero-order valence-electron chi connectivity index (χ0n) is 18.3. The van der Waals surface area contributed by atoms with E-state index in [2.05, 4.69) is 32.7 Å². The normalized spacial score (nSPS) is 11.3. The van der Waals surface area contributed by atoms with Gasteiger partial charge in [0.05, 0.1) is 17.5 Å². The fourth-order valence-corrected chi connectivity index (χ4v) is 3.55. The number of hydrogen-bond acceptors (Lipinski definition) is 3. The lowest BCUT2D eigenvalue weighted by Gasteiger charge is -2.11. The van der Waals surface area contributed by atoms with Crippen LogP contribution in [0.25, 0.3) is 22.4 Å². The first-order valence-corrected chi connectivity index (χ1v) is 10.7. The number of rotatable bonds is 6. The molecule has 2 aromatic carbocycles. The van der Waals surface area contributed by atoms with Gasteiger partial charge in [0.1, 0.15) is 0 Å². The van der Waals surface area contributed by atoms with Crippen LogP contribution in [0.15, 0.2) is 73.1 Å². The predicted molar refractivity (Wildman–Crippen MR) is 125 cm³/mol. The van der Waals surface area contributed by atoms with Crippen LogP contribution in [0.5, 0.6) is 0 Å². The zero-order valence-corrected chi connectivity index (χ0v) is 18.3. The average molecular weight is 465 g/mol. The zero-order chi connectivity index (χ0) is 24.1. The number of nitrogens with one attached hydrogen (secondary N) is 3. The maximum Gasteiger partial charge on any atom is 0.416 e. The number of carbonyl (C=O) groups is 1. The molecule has 2 heterocycles. The molecule has 3 N–H and O–H groups in total. The van der Waals surface area contributed by atoms with Crippen LogP contribution in [-0.4, -0.2) is 21.2 Å². The van der Waals surface area contributed by atoms with Crippen molar-refractivity contribution in [2.75, 3.05) is 10.6 Å². The van der Waals surface area contributed by atoms with Gasteiger partial charge in [-0.3, -0.25) is 10.1 Å². The van der Waals surface area contributed by atoms with Gasteiger partial charge in [-0.05, 0) is 60.5 Å². The molecule has 0 radical (unpaired) electrons. The quantitative estimate of drug-likeness (QED) is 0.294. The Hall–Kier alpha value is -4.14. The third-order valence-corrected chi connectivity index (χ3v) is 5.15. The Bertz CT molecular complexity index is 1280. The number of alkyl halides is 3. The summed E-state index contributed by atoms with van der Waals surface area (Å²) >= 11 is 0. The summed E-state index contributed by atoms with van der Waals surface area (Å²) in [6.07, 6.45) is 0.977. The highest BCUT2D eigenvalue weighted by atomic mass is 19.4. The van der Waals surface area contributed by atoms with Gasteiger partial charge in [0.15, 0.2) is 0 Å². The Morgan fingerprint density at radius 3 is 2.47 bits per heavy atom. The van der Waals surface area contributed by atoms with E-state index in [0.29, 0.717) is 5.69 Å². The standard InChI is InChI=1S/C25H22F3N5O/c1-2-4-20-13-16(11-12-29-20)22-15-30-33-23(22)17-5-3-6-21(14-17)32-24(34)31-19-9-7-18(8-10-19)25(26,27)28/h3,5-15H,2,4H2,1H3,(H,30,33)(H2,31,32,34). The number of amides is 2. The predicted octanol–water partition coefficient (Wildman–Crippen LogP) is 6.75. The first-order chi connectivity index (χ1) is 16.3. The minimum atomic E-state index is -4.43. The van der Waals surface area contributed by atoms with Crippen LogP contribution < -0.4 is 10.6 Å². The lowest BCUT2D eigenvalue weighted by atomic mass is 10.0. The van der Waals surface area contributed by atoms with Gasteiger partial charge < -0.3 is 10.6 Å². The van der Waals surface area contributed by atoms with E-state index in [4.69, 9.17) is 0 Å². The van der Waals surface area contributed by atoms with E-state index < -0.39 is 17.8 Å². The van der Waals surface area contributed by atoms with Crippen LogP contribution in [0.1, 0.15) is 24.6 Å². The fraction of sp³-hybridized carbons (Fsp3) is 0.160. The van der Waals surface area contributed by atoms with Gasteiger partial charge in [0, 0.05) is 34.4 Å². The monoisotopic (exact) mass is 465 g/mol. The van der Waals surface area contributed by atoms with Crippen LogP contribution in [0.4, 0.5) is 29.3 Å². The van der Waals surface area contributed by atoms with Crippen molar-refractivity contribution in [3.63, 3.8) is 0 Å². The molecule has 0 aliphatic carbocycles. The highest BCUT2D eigenvalue weighted by Crippen LogP contribution is 2.32. The van der Waals surface area contributed by atoms with Gasteiger partial charge in [-0.15, -0.1) is 0 Å². The highest BCUT2D eigenvalue weighted by Gasteiger charge is 2.30. The van der Waals surface area contributed by atoms with Crippen LogP contribution in [0.2, 0.25) is 0 Å². The number of aromatic nitrogens is 3. The highest BCUT2D eigenvalue weighted by molar-refractivity contribution is 6.00. The molecule has 2 amide bonds. The fourth-order valence-electron chi connectivity index (χ4n) is 3.55. The lowest BCUT2D eigenvalue weighted by molar-refractivity contribution is -0.137. The van der Waals surface area contributed by atoms with Crippen molar-refractivity contribution >= 4 is 17.4 Å². The molecule has 0 aliphatic rings. The summed E-state index contributed by atoms with van der Waals surface area (Å²) in [4.78, 5) is 16.8. The van der Waals surface area contributed by atoms with Crippen LogP contribution in [-0.2, 0) is 12.6 Å². The van der Waals surface area contributed by atoms with E-state index in [1.165, 1.54) is 12.1 Å². The third-order valence-electron chi connectivity index (χ3n) is 5.15. The van der Waals surface area contributed by atoms with Crippen LogP contribution in [0.3, 0.4) is 0 Å². The molecular formula is C25H22F3N5O. The number of anilines is 2. The number of aromatic amines is 1. The lowest BCUT2D eigenvalue weighted by Crippen LogP contribution is -2.19. The summed E-state index contributed by atoms with van der Waals surface area (Å²) in [6, 6.07) is 14.8. The van der Waals surface area contributed by atoms with Gasteiger partial charge in [-0.1, -0.05) is 25.5 Å². The number of pyridine rings is 1. The molecule has 174 valence electrons. The molecule has 0 aliphatic heterocycles. The van der Waals surface area contributed by atoms with Crippen molar-refractivity contribution in [2.24, 2.45) is 0 Å². The molecule has 0 bridgehead atoms. The van der Waals surface area contributed by atoms with Crippen molar-refractivity contribution in [3.8, 4) is 22.4 Å². The second-order valence-corrected chi connectivity index (χ2v) is 7.68. The van der Waals surface area contributed by atoms with Crippen molar-refractivity contribution in [1.29, 1.82) is 0 Å². The number of carbonyl (C=O) groups excluding carboxylic acids is 1. The third kappa shape index (κ3) is 5.43. The molecule has 0 fully saturated rings. The van der Waals surface area contributed by atoms with E-state index >= 15 is 0 Å². The second-order valence-electron chi connectivity index (χ2n) is 7.68. The summed E-state index contributed by atoms with van der Waals surface area (Å²) < 4.78 is 38.1. The van der Waals surface area contributed by atoms with Crippen molar-refractivity contribution in [2.45, 2.75) is 25.9 Å². The largest absolute Gasteiger partial charge is 0.416 e. The SMILES string of the molecule is CCCc1cc(-c2cn[nH]c2-c2cccc(NC(=O)Nc3ccc(C(F)(F)F)cc3)c2)ccn1. The molecule has 4 aromatic rings. The minimum absolute atomic E-state index is 0.248. The molecule has 4 rings (SSSR count).